The molecule has 1 fully saturated rings. The number of anilines is 1. The normalized spacial score (nSPS) is 18.4. The summed E-state index contributed by atoms with van der Waals surface area (Å²) >= 11 is 0. The van der Waals surface area contributed by atoms with Gasteiger partial charge < -0.3 is 14.8 Å². The van der Waals surface area contributed by atoms with Crippen molar-refractivity contribution in [2.75, 3.05) is 18.4 Å². The van der Waals surface area contributed by atoms with Gasteiger partial charge in [0, 0.05) is 12.6 Å². The number of nitrogens with one attached hydrogen (secondary N) is 2. The van der Waals surface area contributed by atoms with Crippen molar-refractivity contribution in [3.05, 3.63) is 24.0 Å². The highest BCUT2D eigenvalue weighted by molar-refractivity contribution is 5.86. The molecule has 1 saturated heterocycles. The van der Waals surface area contributed by atoms with Crippen LogP contribution in [0.2, 0.25) is 0 Å². The molecule has 0 aliphatic carbocycles. The number of carbonyl (C=O) groups is 1. The first-order valence-electron chi connectivity index (χ1n) is 7.00. The lowest BCUT2D eigenvalue weighted by Crippen LogP contribution is -2.27. The Labute approximate surface area is 123 Å². The molecule has 2 rings (SSSR count). The van der Waals surface area contributed by atoms with Gasteiger partial charge in [0.25, 0.3) is 0 Å². The Kier molecular flexibility index (Phi) is 4.67. The van der Waals surface area contributed by atoms with Crippen LogP contribution in [-0.2, 0) is 4.74 Å². The van der Waals surface area contributed by atoms with Crippen LogP contribution < -0.4 is 15.4 Å². The lowest BCUT2D eigenvalue weighted by atomic mass is 10.2. The SMILES string of the molecule is CC(C)(C)OC(=O)Nc1ccc(F)cc1OC1CCNC1. The summed E-state index contributed by atoms with van der Waals surface area (Å²) < 4.78 is 24.3. The molecule has 1 unspecified atom stereocenters. The second-order valence-electron chi connectivity index (χ2n) is 6.00. The maximum absolute atomic E-state index is 13.4. The first kappa shape index (κ1) is 15.6. The molecule has 1 aliphatic heterocycles. The quantitative estimate of drug-likeness (QED) is 0.900. The molecule has 0 bridgehead atoms. The Morgan fingerprint density at radius 1 is 1.43 bits per heavy atom. The van der Waals surface area contributed by atoms with Gasteiger partial charge in [-0.1, -0.05) is 0 Å². The largest absolute Gasteiger partial charge is 0.487 e. The van der Waals surface area contributed by atoms with E-state index in [1.54, 1.807) is 20.8 Å². The molecule has 1 aliphatic rings. The molecular formula is C15H21FN2O3. The molecule has 1 amide bonds. The summed E-state index contributed by atoms with van der Waals surface area (Å²) in [5.74, 6) is -0.0970. The van der Waals surface area contributed by atoms with E-state index in [9.17, 15) is 9.18 Å². The standard InChI is InChI=1S/C15H21FN2O3/c1-15(2,3)21-14(19)18-12-5-4-10(16)8-13(12)20-11-6-7-17-9-11/h4-5,8,11,17H,6-7,9H2,1-3H3,(H,18,19). The van der Waals surface area contributed by atoms with Gasteiger partial charge in [-0.2, -0.15) is 0 Å². The van der Waals surface area contributed by atoms with E-state index in [1.165, 1.54) is 18.2 Å². The van der Waals surface area contributed by atoms with Gasteiger partial charge in [0.2, 0.25) is 0 Å². The Hall–Kier alpha value is -1.82. The van der Waals surface area contributed by atoms with E-state index in [1.807, 2.05) is 0 Å². The van der Waals surface area contributed by atoms with Crippen molar-refractivity contribution in [2.24, 2.45) is 0 Å². The third kappa shape index (κ3) is 4.90. The molecule has 0 spiro atoms. The number of ether oxygens (including phenoxy) is 2. The summed E-state index contributed by atoms with van der Waals surface area (Å²) in [4.78, 5) is 11.8. The number of hydrogen-bond donors (Lipinski definition) is 2. The number of benzene rings is 1. The van der Waals surface area contributed by atoms with Crippen molar-refractivity contribution in [1.82, 2.24) is 5.32 Å². The Balaban J connectivity index is 2.08. The minimum absolute atomic E-state index is 0.0222. The smallest absolute Gasteiger partial charge is 0.412 e. The maximum Gasteiger partial charge on any atom is 0.412 e. The van der Waals surface area contributed by atoms with Crippen LogP contribution in [0.1, 0.15) is 27.2 Å². The Morgan fingerprint density at radius 3 is 2.81 bits per heavy atom. The van der Waals surface area contributed by atoms with E-state index in [4.69, 9.17) is 9.47 Å². The van der Waals surface area contributed by atoms with E-state index in [-0.39, 0.29) is 6.10 Å². The molecule has 0 radical (unpaired) electrons. The number of amides is 1. The van der Waals surface area contributed by atoms with Crippen LogP contribution in [0, 0.1) is 5.82 Å². The molecule has 1 aromatic carbocycles. The Bertz CT molecular complexity index is 508. The minimum atomic E-state index is -0.597. The average Bonchev–Trinajstić information content (AvgIpc) is 2.83. The van der Waals surface area contributed by atoms with Gasteiger partial charge in [0.1, 0.15) is 23.3 Å². The summed E-state index contributed by atoms with van der Waals surface area (Å²) in [6.07, 6.45) is 0.233. The highest BCUT2D eigenvalue weighted by Crippen LogP contribution is 2.28. The molecule has 21 heavy (non-hydrogen) atoms. The molecule has 1 atom stereocenters. The van der Waals surface area contributed by atoms with Gasteiger partial charge in [-0.15, -0.1) is 0 Å². The topological polar surface area (TPSA) is 59.6 Å². The van der Waals surface area contributed by atoms with Gasteiger partial charge in [0.05, 0.1) is 5.69 Å². The molecule has 1 aromatic rings. The van der Waals surface area contributed by atoms with Crippen molar-refractivity contribution >= 4 is 11.8 Å². The molecule has 2 N–H and O–H groups in total. The molecule has 5 nitrogen and oxygen atoms in total. The van der Waals surface area contributed by atoms with Crippen LogP contribution in [0.5, 0.6) is 5.75 Å². The molecule has 1 heterocycles. The predicted octanol–water partition coefficient (Wildman–Crippen LogP) is 2.91. The van der Waals surface area contributed by atoms with E-state index in [2.05, 4.69) is 10.6 Å². The summed E-state index contributed by atoms with van der Waals surface area (Å²) in [6, 6.07) is 4.01. The van der Waals surface area contributed by atoms with Crippen molar-refractivity contribution < 1.29 is 18.7 Å². The molecule has 0 aromatic heterocycles. The first-order chi connectivity index (χ1) is 9.83. The van der Waals surface area contributed by atoms with Gasteiger partial charge in [-0.3, -0.25) is 5.32 Å². The first-order valence-corrected chi connectivity index (χ1v) is 7.00. The van der Waals surface area contributed by atoms with E-state index < -0.39 is 17.5 Å². The van der Waals surface area contributed by atoms with Crippen LogP contribution in [0.3, 0.4) is 0 Å². The summed E-state index contributed by atoms with van der Waals surface area (Å²) in [5.41, 5.74) is -0.196. The van der Waals surface area contributed by atoms with Crippen LogP contribution in [0.4, 0.5) is 14.9 Å². The summed E-state index contributed by atoms with van der Waals surface area (Å²) in [7, 11) is 0. The fourth-order valence-corrected chi connectivity index (χ4v) is 2.02. The second kappa shape index (κ2) is 6.30. The van der Waals surface area contributed by atoms with E-state index >= 15 is 0 Å². The number of carbonyl (C=O) groups excluding carboxylic acids is 1. The van der Waals surface area contributed by atoms with E-state index in [0.29, 0.717) is 18.0 Å². The van der Waals surface area contributed by atoms with Crippen LogP contribution >= 0.6 is 0 Å². The molecule has 6 heteroatoms. The van der Waals surface area contributed by atoms with Crippen molar-refractivity contribution in [3.63, 3.8) is 0 Å². The predicted molar refractivity (Wildman–Crippen MR) is 78.2 cm³/mol. The summed E-state index contributed by atoms with van der Waals surface area (Å²) in [6.45, 7) is 6.91. The maximum atomic E-state index is 13.4. The number of hydrogen-bond acceptors (Lipinski definition) is 4. The number of halogens is 1. The molecule has 0 saturated carbocycles. The Morgan fingerprint density at radius 2 is 2.19 bits per heavy atom. The van der Waals surface area contributed by atoms with Gasteiger partial charge in [-0.25, -0.2) is 9.18 Å². The average molecular weight is 296 g/mol. The van der Waals surface area contributed by atoms with Gasteiger partial charge in [-0.05, 0) is 45.9 Å². The van der Waals surface area contributed by atoms with E-state index in [0.717, 1.165) is 13.0 Å². The van der Waals surface area contributed by atoms with Gasteiger partial charge in [0.15, 0.2) is 0 Å². The number of rotatable bonds is 3. The second-order valence-corrected chi connectivity index (χ2v) is 6.00. The lowest BCUT2D eigenvalue weighted by Gasteiger charge is -2.21. The fourth-order valence-electron chi connectivity index (χ4n) is 2.02. The minimum Gasteiger partial charge on any atom is -0.487 e. The highest BCUT2D eigenvalue weighted by Gasteiger charge is 2.21. The third-order valence-corrected chi connectivity index (χ3v) is 2.89. The van der Waals surface area contributed by atoms with Crippen LogP contribution in [-0.4, -0.2) is 30.9 Å². The van der Waals surface area contributed by atoms with Crippen LogP contribution in [0.15, 0.2) is 18.2 Å². The zero-order chi connectivity index (χ0) is 15.5. The zero-order valence-electron chi connectivity index (χ0n) is 12.5. The summed E-state index contributed by atoms with van der Waals surface area (Å²) in [5, 5.41) is 5.76. The highest BCUT2D eigenvalue weighted by atomic mass is 19.1. The molecular weight excluding hydrogens is 275 g/mol. The van der Waals surface area contributed by atoms with Crippen LogP contribution in [0.25, 0.3) is 0 Å². The van der Waals surface area contributed by atoms with Crippen molar-refractivity contribution in [3.8, 4) is 5.75 Å². The van der Waals surface area contributed by atoms with Crippen molar-refractivity contribution in [1.29, 1.82) is 0 Å². The zero-order valence-corrected chi connectivity index (χ0v) is 12.5. The monoisotopic (exact) mass is 296 g/mol. The molecule has 116 valence electrons. The fraction of sp³-hybridized carbons (Fsp3) is 0.533. The van der Waals surface area contributed by atoms with Gasteiger partial charge >= 0.3 is 6.09 Å². The third-order valence-electron chi connectivity index (χ3n) is 2.89. The van der Waals surface area contributed by atoms with Crippen molar-refractivity contribution in [2.45, 2.75) is 38.9 Å². The lowest BCUT2D eigenvalue weighted by molar-refractivity contribution is 0.0635.